The minimum Gasteiger partial charge on any atom is -0.393 e. The van der Waals surface area contributed by atoms with Crippen molar-refractivity contribution in [1.29, 1.82) is 0 Å². The fourth-order valence-electron chi connectivity index (χ4n) is 8.82. The molecule has 0 aromatic rings. The summed E-state index contributed by atoms with van der Waals surface area (Å²) in [5, 5.41) is 31.4. The zero-order valence-corrected chi connectivity index (χ0v) is 29.9. The highest BCUT2D eigenvalue weighted by Crippen LogP contribution is 2.67. The van der Waals surface area contributed by atoms with Crippen molar-refractivity contribution in [3.63, 3.8) is 0 Å². The zero-order valence-electron chi connectivity index (χ0n) is 29.9. The summed E-state index contributed by atoms with van der Waals surface area (Å²) in [4.78, 5) is 0. The van der Waals surface area contributed by atoms with E-state index < -0.39 is 11.7 Å². The maximum Gasteiger partial charge on any atom is 0.103 e. The van der Waals surface area contributed by atoms with Crippen molar-refractivity contribution in [2.75, 3.05) is 0 Å². The van der Waals surface area contributed by atoms with Gasteiger partial charge in [-0.1, -0.05) is 100 Å². The van der Waals surface area contributed by atoms with Crippen LogP contribution in [-0.2, 0) is 4.74 Å². The van der Waals surface area contributed by atoms with Gasteiger partial charge in [0.2, 0.25) is 0 Å². The first-order valence-corrected chi connectivity index (χ1v) is 17.5. The lowest BCUT2D eigenvalue weighted by Crippen LogP contribution is -2.50. The van der Waals surface area contributed by atoms with E-state index in [1.54, 1.807) is 0 Å². The topological polar surface area (TPSA) is 73.2 Å². The molecular weight excluding hydrogens is 544 g/mol. The Bertz CT molecular complexity index is 1100. The molecule has 0 bridgehead atoms. The summed E-state index contributed by atoms with van der Waals surface area (Å²) in [5.41, 5.74) is 2.67. The van der Waals surface area contributed by atoms with E-state index in [0.29, 0.717) is 12.8 Å². The van der Waals surface area contributed by atoms with Crippen LogP contribution in [0.15, 0.2) is 59.3 Å². The highest BCUT2D eigenvalue weighted by atomic mass is 16.6. The number of aliphatic hydroxyl groups is 3. The lowest BCUT2D eigenvalue weighted by molar-refractivity contribution is -0.111. The fourth-order valence-corrected chi connectivity index (χ4v) is 8.82. The van der Waals surface area contributed by atoms with Gasteiger partial charge in [-0.15, -0.1) is 0 Å². The minimum absolute atomic E-state index is 0.00862. The molecule has 3 N–H and O–H groups in total. The highest BCUT2D eigenvalue weighted by Gasteiger charge is 2.75. The molecule has 3 rings (SSSR count). The molecular formula is C40H66O4. The van der Waals surface area contributed by atoms with Gasteiger partial charge in [-0.2, -0.15) is 0 Å². The van der Waals surface area contributed by atoms with E-state index in [1.165, 1.54) is 30.4 Å². The van der Waals surface area contributed by atoms with Crippen molar-refractivity contribution in [1.82, 2.24) is 0 Å². The van der Waals surface area contributed by atoms with E-state index >= 15 is 0 Å². The van der Waals surface area contributed by atoms with Crippen LogP contribution in [0.3, 0.4) is 0 Å². The van der Waals surface area contributed by atoms with Gasteiger partial charge in [0.15, 0.2) is 0 Å². The SMILES string of the molecule is C/C(=C/CCC(C)CCC/C=C(C)/C=C/C=C(\C)C=CC1C(C)(C)C[C@H](O)C[C@@]1(C)O)CC[C@@]12O[C@]1(C)C[C@@H](O)CC2(C)C. The van der Waals surface area contributed by atoms with Crippen LogP contribution in [0, 0.1) is 22.7 Å². The molecule has 1 heterocycles. The largest absolute Gasteiger partial charge is 0.393 e. The molecule has 0 spiro atoms. The average molecular weight is 611 g/mol. The molecule has 1 aliphatic heterocycles. The van der Waals surface area contributed by atoms with Crippen molar-refractivity contribution < 1.29 is 20.1 Å². The van der Waals surface area contributed by atoms with Gasteiger partial charge in [0.1, 0.15) is 5.60 Å². The zero-order chi connectivity index (χ0) is 33.0. The highest BCUT2D eigenvalue weighted by molar-refractivity contribution is 5.28. The summed E-state index contributed by atoms with van der Waals surface area (Å²) in [6.07, 6.45) is 25.6. The second-order valence-electron chi connectivity index (χ2n) is 16.7. The van der Waals surface area contributed by atoms with Crippen LogP contribution in [0.1, 0.15) is 140 Å². The number of hydrogen-bond acceptors (Lipinski definition) is 4. The molecule has 4 nitrogen and oxygen atoms in total. The van der Waals surface area contributed by atoms with Gasteiger partial charge in [-0.05, 0) is 103 Å². The van der Waals surface area contributed by atoms with E-state index in [2.05, 4.69) is 105 Å². The smallest absolute Gasteiger partial charge is 0.103 e. The Morgan fingerprint density at radius 2 is 1.52 bits per heavy atom. The molecule has 44 heavy (non-hydrogen) atoms. The van der Waals surface area contributed by atoms with Gasteiger partial charge in [0.05, 0.1) is 23.4 Å². The predicted molar refractivity (Wildman–Crippen MR) is 185 cm³/mol. The molecule has 0 radical (unpaired) electrons. The van der Waals surface area contributed by atoms with Gasteiger partial charge in [0, 0.05) is 18.8 Å². The summed E-state index contributed by atoms with van der Waals surface area (Å²) in [6, 6.07) is 0. The third-order valence-corrected chi connectivity index (χ3v) is 11.3. The number of fused-ring (bicyclic) bond motifs is 1. The molecule has 2 unspecified atom stereocenters. The molecule has 0 aromatic heterocycles. The number of epoxide rings is 1. The van der Waals surface area contributed by atoms with Crippen molar-refractivity contribution >= 4 is 0 Å². The van der Waals surface area contributed by atoms with E-state index in [9.17, 15) is 15.3 Å². The number of aliphatic hydroxyl groups excluding tert-OH is 2. The Morgan fingerprint density at radius 1 is 0.841 bits per heavy atom. The summed E-state index contributed by atoms with van der Waals surface area (Å²) in [5.74, 6) is 0.737. The summed E-state index contributed by atoms with van der Waals surface area (Å²) in [7, 11) is 0. The molecule has 3 fully saturated rings. The van der Waals surface area contributed by atoms with Crippen molar-refractivity contribution in [2.24, 2.45) is 22.7 Å². The van der Waals surface area contributed by atoms with Crippen LogP contribution >= 0.6 is 0 Å². The first-order chi connectivity index (χ1) is 20.3. The second-order valence-corrected chi connectivity index (χ2v) is 16.7. The van der Waals surface area contributed by atoms with Crippen LogP contribution in [0.5, 0.6) is 0 Å². The van der Waals surface area contributed by atoms with Crippen LogP contribution in [-0.4, -0.2) is 44.3 Å². The van der Waals surface area contributed by atoms with E-state index in [-0.39, 0.29) is 34.1 Å². The van der Waals surface area contributed by atoms with E-state index in [0.717, 1.165) is 50.0 Å². The number of unbranched alkanes of at least 4 members (excludes halogenated alkanes) is 1. The van der Waals surface area contributed by atoms with Gasteiger partial charge >= 0.3 is 0 Å². The fraction of sp³-hybridized carbons (Fsp3) is 0.750. The Balaban J connectivity index is 1.34. The molecule has 0 amide bonds. The van der Waals surface area contributed by atoms with Crippen LogP contribution in [0.2, 0.25) is 0 Å². The molecule has 250 valence electrons. The second kappa shape index (κ2) is 14.5. The normalized spacial score (nSPS) is 36.6. The lowest BCUT2D eigenvalue weighted by Gasteiger charge is -2.48. The number of allylic oxidation sites excluding steroid dienone is 9. The molecule has 2 aliphatic carbocycles. The first kappa shape index (κ1) is 37.0. The van der Waals surface area contributed by atoms with Gasteiger partial charge in [0.25, 0.3) is 0 Å². The summed E-state index contributed by atoms with van der Waals surface area (Å²) in [6.45, 7) is 21.8. The summed E-state index contributed by atoms with van der Waals surface area (Å²) >= 11 is 0. The number of ether oxygens (including phenoxy) is 1. The monoisotopic (exact) mass is 610 g/mol. The third kappa shape index (κ3) is 9.30. The van der Waals surface area contributed by atoms with Crippen LogP contribution < -0.4 is 0 Å². The standard InChI is InChI=1S/C40H66O4/c1-29(17-13-19-31(3)21-22-35-36(5,6)25-33(41)27-38(35,9)43)15-11-12-16-30(2)18-14-20-32(4)23-24-40-37(7,8)26-34(42)28-39(40,10)44-40/h13,15,17,19-22,30,33-35,41-43H,11-12,14,16,18,23-28H2,1-10H3/b17-13+,22-21?,29-15+,31-19+,32-20-/t30?,33-,34-,35?,38+,39+,40-/m0/s1. The van der Waals surface area contributed by atoms with Gasteiger partial charge in [-0.25, -0.2) is 0 Å². The van der Waals surface area contributed by atoms with E-state index in [4.69, 9.17) is 4.74 Å². The Labute approximate surface area is 270 Å². The van der Waals surface area contributed by atoms with Crippen LogP contribution in [0.4, 0.5) is 0 Å². The summed E-state index contributed by atoms with van der Waals surface area (Å²) < 4.78 is 6.37. The lowest BCUT2D eigenvalue weighted by atomic mass is 9.61. The first-order valence-electron chi connectivity index (χ1n) is 17.5. The van der Waals surface area contributed by atoms with Crippen molar-refractivity contribution in [2.45, 2.75) is 169 Å². The Morgan fingerprint density at radius 3 is 2.18 bits per heavy atom. The maximum absolute atomic E-state index is 10.9. The number of hydrogen-bond donors (Lipinski definition) is 3. The van der Waals surface area contributed by atoms with Crippen LogP contribution in [0.25, 0.3) is 0 Å². The molecule has 4 heteroatoms. The average Bonchev–Trinajstić information content (AvgIpc) is 3.49. The maximum atomic E-state index is 10.9. The van der Waals surface area contributed by atoms with Gasteiger partial charge < -0.3 is 20.1 Å². The molecule has 3 aliphatic rings. The minimum atomic E-state index is -0.896. The molecule has 1 saturated heterocycles. The van der Waals surface area contributed by atoms with E-state index in [1.807, 2.05) is 6.92 Å². The van der Waals surface area contributed by atoms with Crippen molar-refractivity contribution in [3.8, 4) is 0 Å². The quantitative estimate of drug-likeness (QED) is 0.0792. The molecule has 7 atom stereocenters. The molecule has 2 saturated carbocycles. The third-order valence-electron chi connectivity index (χ3n) is 11.3. The Kier molecular flexibility index (Phi) is 12.2. The van der Waals surface area contributed by atoms with Gasteiger partial charge in [-0.3, -0.25) is 0 Å². The molecule has 0 aromatic carbocycles. The number of rotatable bonds is 14. The predicted octanol–water partition coefficient (Wildman–Crippen LogP) is 9.56. The Hall–Kier alpha value is -1.46. The van der Waals surface area contributed by atoms with Crippen molar-refractivity contribution in [3.05, 3.63) is 59.3 Å².